The molecule has 14 heteroatoms. The Labute approximate surface area is 199 Å². The number of urea groups is 1. The zero-order valence-corrected chi connectivity index (χ0v) is 21.0. The monoisotopic (exact) mass is 545 g/mol. The number of amides is 3. The summed E-state index contributed by atoms with van der Waals surface area (Å²) in [6.45, 7) is 4.59. The molecule has 0 spiro atoms. The number of aryl methyl sites for hydroxylation is 1. The first kappa shape index (κ1) is 25.5. The summed E-state index contributed by atoms with van der Waals surface area (Å²) in [7, 11) is -2.16. The first-order valence-corrected chi connectivity index (χ1v) is 12.8. The van der Waals surface area contributed by atoms with Crippen molar-refractivity contribution in [2.75, 3.05) is 20.4 Å². The highest BCUT2D eigenvalue weighted by molar-refractivity contribution is 9.10. The number of carbonyl (C=O) groups excluding carboxylic acids is 2. The topological polar surface area (TPSA) is 152 Å². The molecule has 180 valence electrons. The van der Waals surface area contributed by atoms with Gasteiger partial charge in [0.2, 0.25) is 5.91 Å². The van der Waals surface area contributed by atoms with Gasteiger partial charge in [0.05, 0.1) is 18.8 Å². The second-order valence-electron chi connectivity index (χ2n) is 7.94. The third kappa shape index (κ3) is 5.68. The minimum atomic E-state index is -3.52. The van der Waals surface area contributed by atoms with E-state index < -0.39 is 48.5 Å². The molecule has 2 saturated heterocycles. The molecule has 4 unspecified atom stereocenters. The highest BCUT2D eigenvalue weighted by atomic mass is 79.9. The number of halogens is 1. The number of alkyl halides is 1. The van der Waals surface area contributed by atoms with Crippen LogP contribution in [0.5, 0.6) is 5.75 Å². The van der Waals surface area contributed by atoms with Crippen LogP contribution in [-0.4, -0.2) is 66.1 Å². The van der Waals surface area contributed by atoms with Gasteiger partial charge in [-0.25, -0.2) is 9.36 Å². The maximum atomic E-state index is 12.8. The van der Waals surface area contributed by atoms with Crippen molar-refractivity contribution in [2.45, 2.75) is 49.2 Å². The van der Waals surface area contributed by atoms with Gasteiger partial charge in [-0.2, -0.15) is 0 Å². The lowest BCUT2D eigenvalue weighted by Crippen LogP contribution is -2.69. The molecule has 1 N–H and O–H groups in total. The third-order valence-electron chi connectivity index (χ3n) is 5.32. The molecule has 1 aromatic rings. The van der Waals surface area contributed by atoms with E-state index in [1.807, 2.05) is 19.1 Å². The van der Waals surface area contributed by atoms with Crippen molar-refractivity contribution < 1.29 is 32.7 Å². The molecule has 0 aliphatic carbocycles. The van der Waals surface area contributed by atoms with E-state index in [4.69, 9.17) is 24.1 Å². The van der Waals surface area contributed by atoms with Gasteiger partial charge in [-0.3, -0.25) is 19.5 Å². The summed E-state index contributed by atoms with van der Waals surface area (Å²) in [5.74, 6) is -0.169. The minimum absolute atomic E-state index is 0.121. The predicted molar refractivity (Wildman–Crippen MR) is 121 cm³/mol. The van der Waals surface area contributed by atoms with Gasteiger partial charge in [0.25, 0.3) is 0 Å². The Morgan fingerprint density at radius 2 is 2.06 bits per heavy atom. The van der Waals surface area contributed by atoms with E-state index in [0.717, 1.165) is 5.56 Å². The number of hydrogen-bond donors (Lipinski definition) is 1. The van der Waals surface area contributed by atoms with Gasteiger partial charge in [-0.15, -0.1) is 0 Å². The van der Waals surface area contributed by atoms with Crippen LogP contribution in [0.1, 0.15) is 18.9 Å². The summed E-state index contributed by atoms with van der Waals surface area (Å²) in [5.41, 5.74) is 9.99. The molecule has 3 rings (SSSR count). The van der Waals surface area contributed by atoms with Crippen molar-refractivity contribution in [2.24, 2.45) is 5.11 Å². The van der Waals surface area contributed by atoms with E-state index in [9.17, 15) is 14.2 Å². The number of hydrogen-bond acceptors (Lipinski definition) is 8. The van der Waals surface area contributed by atoms with E-state index in [1.165, 1.54) is 18.7 Å². The lowest BCUT2D eigenvalue weighted by Gasteiger charge is -2.44. The Hall–Kier alpha value is -2.14. The maximum Gasteiger partial charge on any atom is 0.376 e. The van der Waals surface area contributed by atoms with Gasteiger partial charge in [0, 0.05) is 25.1 Å². The van der Waals surface area contributed by atoms with Gasteiger partial charge in [0.1, 0.15) is 16.3 Å². The predicted octanol–water partition coefficient (Wildman–Crippen LogP) is 3.69. The average molecular weight is 546 g/mol. The highest BCUT2D eigenvalue weighted by Gasteiger charge is 2.54. The molecule has 1 aromatic carbocycles. The van der Waals surface area contributed by atoms with Crippen LogP contribution < -0.4 is 9.84 Å². The molecular formula is C19H25BrN5O7P. The summed E-state index contributed by atoms with van der Waals surface area (Å²) >= 11 is 3.31. The fourth-order valence-corrected chi connectivity index (χ4v) is 5.11. The third-order valence-corrected chi connectivity index (χ3v) is 7.23. The van der Waals surface area contributed by atoms with Gasteiger partial charge in [-0.05, 0) is 31.5 Å². The number of imide groups is 1. The Kier molecular flexibility index (Phi) is 7.73. The number of nitrogens with zero attached hydrogens (tertiary/aromatic N) is 4. The number of ether oxygens (including phenoxy) is 2. The Morgan fingerprint density at radius 1 is 1.39 bits per heavy atom. The van der Waals surface area contributed by atoms with Crippen molar-refractivity contribution in [3.05, 3.63) is 40.3 Å². The number of carbonyl (C=O) groups is 2. The Bertz CT molecular complexity index is 1000. The Balaban J connectivity index is 1.72. The van der Waals surface area contributed by atoms with Crippen molar-refractivity contribution in [1.82, 2.24) is 10.2 Å². The largest absolute Gasteiger partial charge is 0.425 e. The molecule has 0 radical (unpaired) electrons. The van der Waals surface area contributed by atoms with Crippen molar-refractivity contribution >= 4 is 35.5 Å². The fraction of sp³-hybridized carbons (Fsp3) is 0.579. The normalized spacial score (nSPS) is 31.5. The first-order valence-electron chi connectivity index (χ1n) is 10.0. The molecule has 0 aromatic heterocycles. The second-order valence-corrected chi connectivity index (χ2v) is 11.6. The number of azide groups is 1. The van der Waals surface area contributed by atoms with E-state index in [0.29, 0.717) is 5.75 Å². The summed E-state index contributed by atoms with van der Waals surface area (Å²) in [6, 6.07) is 5.56. The van der Waals surface area contributed by atoms with Crippen LogP contribution in [0.3, 0.4) is 0 Å². The van der Waals surface area contributed by atoms with E-state index in [2.05, 4.69) is 31.3 Å². The highest BCUT2D eigenvalue weighted by Crippen LogP contribution is 2.45. The van der Waals surface area contributed by atoms with Gasteiger partial charge < -0.3 is 14.0 Å². The van der Waals surface area contributed by atoms with E-state index in [1.54, 1.807) is 19.1 Å². The zero-order chi connectivity index (χ0) is 24.4. The van der Waals surface area contributed by atoms with Crippen LogP contribution in [0.2, 0.25) is 0 Å². The molecule has 0 bridgehead atoms. The second kappa shape index (κ2) is 10.0. The lowest BCUT2D eigenvalue weighted by molar-refractivity contribution is -0.152. The molecular weight excluding hydrogens is 521 g/mol. The minimum Gasteiger partial charge on any atom is -0.425 e. The molecule has 2 aliphatic rings. The van der Waals surface area contributed by atoms with Crippen LogP contribution in [0.25, 0.3) is 10.4 Å². The Morgan fingerprint density at radius 3 is 2.67 bits per heavy atom. The molecule has 2 fully saturated rings. The molecule has 2 aliphatic heterocycles. The standard InChI is InChI=1S/C19H25BrN5O7P/c1-11-5-7-12(8-6-11)32-33(4,28)30-10-14-13(23-24-21)9-15(31-14)25-17(29-3)19(2,20)16(26)22-18(25)27/h5-8,13-15,17H,9-10H2,1-4H3,(H,22,26,27)/t13?,14-,15-,17?,19?,33?/m1/s1. The van der Waals surface area contributed by atoms with E-state index >= 15 is 0 Å². The summed E-state index contributed by atoms with van der Waals surface area (Å²) in [5, 5.41) is 5.99. The quantitative estimate of drug-likeness (QED) is 0.172. The van der Waals surface area contributed by atoms with Gasteiger partial charge in [-0.1, -0.05) is 38.7 Å². The van der Waals surface area contributed by atoms with Gasteiger partial charge >= 0.3 is 13.6 Å². The van der Waals surface area contributed by atoms with Crippen LogP contribution in [-0.2, 0) is 23.4 Å². The van der Waals surface area contributed by atoms with Crippen LogP contribution in [0.4, 0.5) is 4.79 Å². The van der Waals surface area contributed by atoms with Crippen LogP contribution >= 0.6 is 23.5 Å². The van der Waals surface area contributed by atoms with Crippen molar-refractivity contribution in [1.29, 1.82) is 0 Å². The van der Waals surface area contributed by atoms with Crippen LogP contribution in [0, 0.1) is 6.92 Å². The molecule has 2 heterocycles. The molecule has 33 heavy (non-hydrogen) atoms. The van der Waals surface area contributed by atoms with Gasteiger partial charge in [0.15, 0.2) is 6.23 Å². The number of nitrogens with one attached hydrogen (secondary N) is 1. The molecule has 6 atom stereocenters. The summed E-state index contributed by atoms with van der Waals surface area (Å²) in [4.78, 5) is 28.9. The van der Waals surface area contributed by atoms with Crippen molar-refractivity contribution in [3.8, 4) is 5.75 Å². The SMILES string of the molecule is COC1N([C@H]2CC(N=[N+]=[N-])[C@@H](COP(C)(=O)Oc3ccc(C)cc3)O2)C(=O)NC(=O)C1(C)Br. The summed E-state index contributed by atoms with van der Waals surface area (Å²) < 4.78 is 33.9. The fourth-order valence-electron chi connectivity index (χ4n) is 3.63. The van der Waals surface area contributed by atoms with Crippen molar-refractivity contribution in [3.63, 3.8) is 0 Å². The molecule has 0 saturated carbocycles. The lowest BCUT2D eigenvalue weighted by atomic mass is 10.0. The smallest absolute Gasteiger partial charge is 0.376 e. The number of methoxy groups -OCH3 is 1. The number of benzene rings is 1. The summed E-state index contributed by atoms with van der Waals surface area (Å²) in [6.07, 6.45) is -2.57. The zero-order valence-electron chi connectivity index (χ0n) is 18.5. The number of rotatable bonds is 8. The first-order chi connectivity index (χ1) is 15.5. The molecule has 3 amide bonds. The maximum absolute atomic E-state index is 12.8. The molecule has 12 nitrogen and oxygen atoms in total. The average Bonchev–Trinajstić information content (AvgIpc) is 3.13. The van der Waals surface area contributed by atoms with Crippen LogP contribution in [0.15, 0.2) is 29.4 Å². The van der Waals surface area contributed by atoms with E-state index in [-0.39, 0.29) is 13.0 Å².